The number of hydrogen-bond acceptors (Lipinski definition) is 5. The molecule has 5 heteroatoms. The van der Waals surface area contributed by atoms with Crippen LogP contribution in [0.15, 0.2) is 4.52 Å². The predicted molar refractivity (Wildman–Crippen MR) is 80.1 cm³/mol. The summed E-state index contributed by atoms with van der Waals surface area (Å²) in [5, 5.41) is 4.11. The number of aromatic nitrogens is 2. The summed E-state index contributed by atoms with van der Waals surface area (Å²) in [5.74, 6) is 2.32. The second kappa shape index (κ2) is 6.88. The van der Waals surface area contributed by atoms with Gasteiger partial charge in [0.1, 0.15) is 0 Å². The van der Waals surface area contributed by atoms with Gasteiger partial charge < -0.3 is 14.2 Å². The number of ether oxygens (including phenoxy) is 1. The highest BCUT2D eigenvalue weighted by Gasteiger charge is 2.24. The quantitative estimate of drug-likeness (QED) is 0.834. The number of nitrogens with zero attached hydrogens (tertiary/aromatic N) is 3. The molecule has 3 heterocycles. The van der Waals surface area contributed by atoms with Crippen molar-refractivity contribution in [2.24, 2.45) is 5.92 Å². The average Bonchev–Trinajstić information content (AvgIpc) is 3.12. The molecule has 5 nitrogen and oxygen atoms in total. The Kier molecular flexibility index (Phi) is 4.91. The highest BCUT2D eigenvalue weighted by molar-refractivity contribution is 4.92. The molecule has 0 bridgehead atoms. The van der Waals surface area contributed by atoms with Crippen molar-refractivity contribution in [2.75, 3.05) is 19.7 Å². The fourth-order valence-electron chi connectivity index (χ4n) is 3.39. The van der Waals surface area contributed by atoms with Crippen molar-refractivity contribution in [1.82, 2.24) is 15.0 Å². The van der Waals surface area contributed by atoms with Crippen LogP contribution in [0.25, 0.3) is 0 Å². The molecule has 2 saturated heterocycles. The lowest BCUT2D eigenvalue weighted by atomic mass is 9.93. The predicted octanol–water partition coefficient (Wildman–Crippen LogP) is 2.45. The van der Waals surface area contributed by atoms with E-state index >= 15 is 0 Å². The van der Waals surface area contributed by atoms with E-state index < -0.39 is 0 Å². The zero-order valence-corrected chi connectivity index (χ0v) is 13.3. The van der Waals surface area contributed by atoms with Crippen LogP contribution in [0.4, 0.5) is 0 Å². The third kappa shape index (κ3) is 4.04. The van der Waals surface area contributed by atoms with Gasteiger partial charge in [0.05, 0.1) is 6.10 Å². The van der Waals surface area contributed by atoms with Gasteiger partial charge in [-0.15, -0.1) is 0 Å². The highest BCUT2D eigenvalue weighted by atomic mass is 16.5. The third-order valence-corrected chi connectivity index (χ3v) is 4.79. The Labute approximate surface area is 127 Å². The van der Waals surface area contributed by atoms with E-state index in [1.807, 2.05) is 0 Å². The van der Waals surface area contributed by atoms with Gasteiger partial charge >= 0.3 is 0 Å². The maximum atomic E-state index is 5.62. The minimum atomic E-state index is 0.296. The molecule has 1 aromatic rings. The van der Waals surface area contributed by atoms with E-state index in [1.54, 1.807) is 0 Å². The van der Waals surface area contributed by atoms with Crippen LogP contribution in [-0.4, -0.2) is 46.9 Å². The van der Waals surface area contributed by atoms with E-state index in [2.05, 4.69) is 28.9 Å². The molecule has 0 spiro atoms. The van der Waals surface area contributed by atoms with Gasteiger partial charge in [-0.3, -0.25) is 0 Å². The molecule has 2 aliphatic heterocycles. The first-order chi connectivity index (χ1) is 10.2. The Balaban J connectivity index is 1.46. The number of hydrogen-bond donors (Lipinski definition) is 0. The minimum Gasteiger partial charge on any atom is -0.378 e. The molecule has 0 aliphatic carbocycles. The van der Waals surface area contributed by atoms with Crippen molar-refractivity contribution in [3.05, 3.63) is 11.7 Å². The van der Waals surface area contributed by atoms with Gasteiger partial charge in [-0.2, -0.15) is 4.98 Å². The van der Waals surface area contributed by atoms with Crippen molar-refractivity contribution < 1.29 is 9.26 Å². The molecule has 1 unspecified atom stereocenters. The first-order valence-corrected chi connectivity index (χ1v) is 8.38. The second-order valence-electron chi connectivity index (χ2n) is 6.72. The molecule has 21 heavy (non-hydrogen) atoms. The fourth-order valence-corrected chi connectivity index (χ4v) is 3.39. The lowest BCUT2D eigenvalue weighted by molar-refractivity contribution is 0.109. The molecular weight excluding hydrogens is 266 g/mol. The number of piperidine rings is 1. The molecule has 1 aromatic heterocycles. The second-order valence-corrected chi connectivity index (χ2v) is 6.72. The van der Waals surface area contributed by atoms with E-state index in [1.165, 1.54) is 25.9 Å². The maximum absolute atomic E-state index is 5.62. The molecule has 2 aliphatic rings. The molecule has 2 fully saturated rings. The van der Waals surface area contributed by atoms with Crippen LogP contribution in [0.3, 0.4) is 0 Å². The molecule has 0 aromatic carbocycles. The molecule has 0 radical (unpaired) electrons. The summed E-state index contributed by atoms with van der Waals surface area (Å²) in [6, 6.07) is 0.660. The van der Waals surface area contributed by atoms with Gasteiger partial charge in [0.2, 0.25) is 5.89 Å². The summed E-state index contributed by atoms with van der Waals surface area (Å²) in [4.78, 5) is 7.10. The Morgan fingerprint density at radius 2 is 2.00 bits per heavy atom. The molecule has 3 rings (SSSR count). The van der Waals surface area contributed by atoms with Crippen molar-refractivity contribution in [3.8, 4) is 0 Å². The maximum Gasteiger partial charge on any atom is 0.226 e. The Morgan fingerprint density at radius 3 is 2.67 bits per heavy atom. The Hall–Kier alpha value is -0.940. The van der Waals surface area contributed by atoms with Crippen LogP contribution in [0.1, 0.15) is 51.2 Å². The van der Waals surface area contributed by atoms with Crippen LogP contribution in [0.5, 0.6) is 0 Å². The first kappa shape index (κ1) is 15.0. The van der Waals surface area contributed by atoms with Crippen LogP contribution in [-0.2, 0) is 17.6 Å². The van der Waals surface area contributed by atoms with Crippen LogP contribution < -0.4 is 0 Å². The highest BCUT2D eigenvalue weighted by Crippen LogP contribution is 2.23. The fraction of sp³-hybridized carbons (Fsp3) is 0.875. The monoisotopic (exact) mass is 293 g/mol. The zero-order chi connectivity index (χ0) is 14.7. The summed E-state index contributed by atoms with van der Waals surface area (Å²) in [6.07, 6.45) is 6.79. The van der Waals surface area contributed by atoms with E-state index in [0.29, 0.717) is 18.1 Å². The van der Waals surface area contributed by atoms with E-state index in [4.69, 9.17) is 9.26 Å². The first-order valence-electron chi connectivity index (χ1n) is 8.38. The molecule has 1 atom stereocenters. The Morgan fingerprint density at radius 1 is 1.19 bits per heavy atom. The summed E-state index contributed by atoms with van der Waals surface area (Å²) in [5.41, 5.74) is 0. The van der Waals surface area contributed by atoms with Crippen molar-refractivity contribution in [3.63, 3.8) is 0 Å². The molecule has 0 amide bonds. The average molecular weight is 293 g/mol. The standard InChI is InChI=1S/C16H27N3O2/c1-12(2)19-7-5-13(6-8-19)10-16-17-15(18-21-16)11-14-4-3-9-20-14/h12-14H,3-11H2,1-2H3. The molecular formula is C16H27N3O2. The molecule has 118 valence electrons. The van der Waals surface area contributed by atoms with Crippen molar-refractivity contribution in [1.29, 1.82) is 0 Å². The van der Waals surface area contributed by atoms with Crippen LogP contribution in [0.2, 0.25) is 0 Å². The van der Waals surface area contributed by atoms with Gasteiger partial charge in [0.25, 0.3) is 0 Å². The summed E-state index contributed by atoms with van der Waals surface area (Å²) < 4.78 is 11.0. The van der Waals surface area contributed by atoms with Gasteiger partial charge in [-0.25, -0.2) is 0 Å². The van der Waals surface area contributed by atoms with E-state index in [-0.39, 0.29) is 0 Å². The minimum absolute atomic E-state index is 0.296. The number of likely N-dealkylation sites (tertiary alicyclic amines) is 1. The molecule has 0 saturated carbocycles. The topological polar surface area (TPSA) is 51.4 Å². The van der Waals surface area contributed by atoms with Gasteiger partial charge in [-0.05, 0) is 58.5 Å². The van der Waals surface area contributed by atoms with Gasteiger partial charge in [0.15, 0.2) is 5.82 Å². The van der Waals surface area contributed by atoms with Gasteiger partial charge in [0, 0.05) is 25.5 Å². The summed E-state index contributed by atoms with van der Waals surface area (Å²) in [6.45, 7) is 7.81. The smallest absolute Gasteiger partial charge is 0.226 e. The van der Waals surface area contributed by atoms with Crippen LogP contribution in [0, 0.1) is 5.92 Å². The summed E-state index contributed by atoms with van der Waals surface area (Å²) in [7, 11) is 0. The van der Waals surface area contributed by atoms with Gasteiger partial charge in [-0.1, -0.05) is 5.16 Å². The van der Waals surface area contributed by atoms with E-state index in [9.17, 15) is 0 Å². The molecule has 0 N–H and O–H groups in total. The normalized spacial score (nSPS) is 25.0. The summed E-state index contributed by atoms with van der Waals surface area (Å²) >= 11 is 0. The zero-order valence-electron chi connectivity index (χ0n) is 13.3. The van der Waals surface area contributed by atoms with Crippen molar-refractivity contribution in [2.45, 2.75) is 64.5 Å². The lowest BCUT2D eigenvalue weighted by Crippen LogP contribution is -2.38. The Bertz CT molecular complexity index is 432. The van der Waals surface area contributed by atoms with Crippen molar-refractivity contribution >= 4 is 0 Å². The van der Waals surface area contributed by atoms with Crippen LogP contribution >= 0.6 is 0 Å². The number of rotatable bonds is 5. The lowest BCUT2D eigenvalue weighted by Gasteiger charge is -2.34. The SMILES string of the molecule is CC(C)N1CCC(Cc2nc(CC3CCCO3)no2)CC1. The van der Waals surface area contributed by atoms with E-state index in [0.717, 1.165) is 44.0 Å². The third-order valence-electron chi connectivity index (χ3n) is 4.79. The largest absolute Gasteiger partial charge is 0.378 e.